The van der Waals surface area contributed by atoms with Crippen molar-refractivity contribution in [2.75, 3.05) is 38.7 Å². The molecule has 2 heterocycles. The Labute approximate surface area is 166 Å². The van der Waals surface area contributed by atoms with Crippen molar-refractivity contribution in [1.82, 2.24) is 15.2 Å². The van der Waals surface area contributed by atoms with Gasteiger partial charge >= 0.3 is 6.03 Å². The Morgan fingerprint density at radius 3 is 3.04 bits per heavy atom. The minimum absolute atomic E-state index is 0.131. The smallest absolute Gasteiger partial charge is 0.319 e. The average Bonchev–Trinajstić information content (AvgIpc) is 2.69. The van der Waals surface area contributed by atoms with Crippen LogP contribution in [-0.4, -0.2) is 55.4 Å². The van der Waals surface area contributed by atoms with Gasteiger partial charge in [0.2, 0.25) is 0 Å². The van der Waals surface area contributed by atoms with Gasteiger partial charge in [0.1, 0.15) is 12.4 Å². The first kappa shape index (κ1) is 20.1. The maximum absolute atomic E-state index is 12.4. The zero-order valence-electron chi connectivity index (χ0n) is 16.3. The third kappa shape index (κ3) is 6.51. The zero-order chi connectivity index (χ0) is 19.6. The molecule has 1 fully saturated rings. The van der Waals surface area contributed by atoms with Crippen LogP contribution >= 0.6 is 0 Å². The van der Waals surface area contributed by atoms with Crippen LogP contribution in [0.2, 0.25) is 0 Å². The summed E-state index contributed by atoms with van der Waals surface area (Å²) in [6.45, 7) is 3.73. The van der Waals surface area contributed by atoms with Gasteiger partial charge in [-0.3, -0.25) is 9.88 Å². The third-order valence-electron chi connectivity index (χ3n) is 4.62. The van der Waals surface area contributed by atoms with Crippen molar-refractivity contribution in [2.45, 2.75) is 25.4 Å². The molecule has 7 heteroatoms. The number of aromatic nitrogens is 1. The number of benzene rings is 1. The Kier molecular flexibility index (Phi) is 7.63. The van der Waals surface area contributed by atoms with Gasteiger partial charge in [-0.05, 0) is 43.1 Å². The van der Waals surface area contributed by atoms with Gasteiger partial charge in [-0.2, -0.15) is 0 Å². The Morgan fingerprint density at radius 2 is 2.21 bits per heavy atom. The Morgan fingerprint density at radius 1 is 1.29 bits per heavy atom. The van der Waals surface area contributed by atoms with E-state index in [9.17, 15) is 4.79 Å². The molecule has 150 valence electrons. The number of carbonyl (C=O) groups is 1. The number of pyridine rings is 1. The number of hydrogen-bond acceptors (Lipinski definition) is 5. The highest BCUT2D eigenvalue weighted by Gasteiger charge is 2.21. The summed E-state index contributed by atoms with van der Waals surface area (Å²) < 4.78 is 10.6. The molecule has 1 aliphatic rings. The summed E-state index contributed by atoms with van der Waals surface area (Å²) in [5.41, 5.74) is 1.90. The summed E-state index contributed by atoms with van der Waals surface area (Å²) in [7, 11) is 1.63. The number of carbonyl (C=O) groups excluding carboxylic acids is 1. The van der Waals surface area contributed by atoms with Crippen molar-refractivity contribution >= 4 is 11.7 Å². The zero-order valence-corrected chi connectivity index (χ0v) is 16.3. The van der Waals surface area contributed by atoms with Crippen molar-refractivity contribution in [3.8, 4) is 5.75 Å². The van der Waals surface area contributed by atoms with Crippen LogP contribution in [0, 0.1) is 0 Å². The van der Waals surface area contributed by atoms with Crippen LogP contribution in [0.25, 0.3) is 0 Å². The molecule has 2 aromatic rings. The molecule has 1 atom stereocenters. The molecule has 3 rings (SSSR count). The van der Waals surface area contributed by atoms with Crippen LogP contribution < -0.4 is 15.4 Å². The van der Waals surface area contributed by atoms with E-state index in [0.717, 1.165) is 32.5 Å². The Balaban J connectivity index is 1.47. The number of amides is 2. The largest absolute Gasteiger partial charge is 0.491 e. The molecule has 7 nitrogen and oxygen atoms in total. The van der Waals surface area contributed by atoms with Crippen LogP contribution in [-0.2, 0) is 11.3 Å². The van der Waals surface area contributed by atoms with Gasteiger partial charge in [-0.1, -0.05) is 12.1 Å². The first-order valence-electron chi connectivity index (χ1n) is 9.63. The minimum Gasteiger partial charge on any atom is -0.491 e. The van der Waals surface area contributed by atoms with E-state index in [-0.39, 0.29) is 12.1 Å². The Hall–Kier alpha value is -2.64. The van der Waals surface area contributed by atoms with Gasteiger partial charge < -0.3 is 20.1 Å². The second-order valence-corrected chi connectivity index (χ2v) is 6.90. The standard InChI is InChI=1S/C21H28N4O3/c1-27-11-12-28-20-8-2-6-18(13-20)23-21(26)24-19-7-4-10-25(16-19)15-17-5-3-9-22-14-17/h2-3,5-6,8-9,13-14,19H,4,7,10-12,15-16H2,1H3,(H2,23,24,26)/t19-/m1/s1. The first-order chi connectivity index (χ1) is 13.7. The van der Waals surface area contributed by atoms with E-state index in [4.69, 9.17) is 9.47 Å². The number of likely N-dealkylation sites (tertiary alicyclic amines) is 1. The fourth-order valence-electron chi connectivity index (χ4n) is 3.33. The lowest BCUT2D eigenvalue weighted by atomic mass is 10.1. The maximum atomic E-state index is 12.4. The molecular weight excluding hydrogens is 356 g/mol. The summed E-state index contributed by atoms with van der Waals surface area (Å²) in [6, 6.07) is 11.3. The van der Waals surface area contributed by atoms with Crippen LogP contribution in [0.3, 0.4) is 0 Å². The summed E-state index contributed by atoms with van der Waals surface area (Å²) in [5.74, 6) is 0.704. The van der Waals surface area contributed by atoms with Gasteiger partial charge in [0.25, 0.3) is 0 Å². The lowest BCUT2D eigenvalue weighted by Gasteiger charge is -2.33. The highest BCUT2D eigenvalue weighted by atomic mass is 16.5. The van der Waals surface area contributed by atoms with Crippen LogP contribution in [0.4, 0.5) is 10.5 Å². The minimum atomic E-state index is -0.192. The molecular formula is C21H28N4O3. The molecule has 0 aliphatic carbocycles. The van der Waals surface area contributed by atoms with Crippen molar-refractivity contribution in [3.63, 3.8) is 0 Å². The van der Waals surface area contributed by atoms with E-state index in [2.05, 4.69) is 26.6 Å². The molecule has 0 saturated carbocycles. The number of nitrogens with zero attached hydrogens (tertiary/aromatic N) is 2. The van der Waals surface area contributed by atoms with Crippen molar-refractivity contribution < 1.29 is 14.3 Å². The maximum Gasteiger partial charge on any atom is 0.319 e. The van der Waals surface area contributed by atoms with E-state index >= 15 is 0 Å². The van der Waals surface area contributed by atoms with Crippen molar-refractivity contribution in [1.29, 1.82) is 0 Å². The van der Waals surface area contributed by atoms with Crippen LogP contribution in [0.15, 0.2) is 48.8 Å². The van der Waals surface area contributed by atoms with Crippen molar-refractivity contribution in [3.05, 3.63) is 54.4 Å². The van der Waals surface area contributed by atoms with Gasteiger partial charge in [0, 0.05) is 50.4 Å². The average molecular weight is 384 g/mol. The summed E-state index contributed by atoms with van der Waals surface area (Å²) in [6.07, 6.45) is 5.72. The lowest BCUT2D eigenvalue weighted by Crippen LogP contribution is -2.48. The molecule has 0 bridgehead atoms. The first-order valence-corrected chi connectivity index (χ1v) is 9.63. The number of methoxy groups -OCH3 is 1. The predicted molar refractivity (Wildman–Crippen MR) is 109 cm³/mol. The van der Waals surface area contributed by atoms with Crippen LogP contribution in [0.1, 0.15) is 18.4 Å². The molecule has 1 aromatic carbocycles. The fourth-order valence-corrected chi connectivity index (χ4v) is 3.33. The monoisotopic (exact) mass is 384 g/mol. The topological polar surface area (TPSA) is 75.7 Å². The van der Waals surface area contributed by atoms with Crippen LogP contribution in [0.5, 0.6) is 5.75 Å². The van der Waals surface area contributed by atoms with Gasteiger partial charge in [0.05, 0.1) is 6.61 Å². The van der Waals surface area contributed by atoms with E-state index in [1.165, 1.54) is 5.56 Å². The van der Waals surface area contributed by atoms with E-state index in [1.54, 1.807) is 13.3 Å². The number of piperidine rings is 1. The van der Waals surface area contributed by atoms with Gasteiger partial charge in [-0.25, -0.2) is 4.79 Å². The Bertz CT molecular complexity index is 741. The number of anilines is 1. The molecule has 1 saturated heterocycles. The highest BCUT2D eigenvalue weighted by Crippen LogP contribution is 2.18. The van der Waals surface area contributed by atoms with E-state index in [1.807, 2.05) is 36.5 Å². The molecule has 28 heavy (non-hydrogen) atoms. The second-order valence-electron chi connectivity index (χ2n) is 6.90. The number of urea groups is 1. The predicted octanol–water partition coefficient (Wildman–Crippen LogP) is 2.89. The number of rotatable bonds is 8. The second kappa shape index (κ2) is 10.6. The van der Waals surface area contributed by atoms with Crippen molar-refractivity contribution in [2.24, 2.45) is 0 Å². The molecule has 0 radical (unpaired) electrons. The lowest BCUT2D eigenvalue weighted by molar-refractivity contribution is 0.146. The summed E-state index contributed by atoms with van der Waals surface area (Å²) >= 11 is 0. The molecule has 0 spiro atoms. The van der Waals surface area contributed by atoms with Gasteiger partial charge in [-0.15, -0.1) is 0 Å². The summed E-state index contributed by atoms with van der Waals surface area (Å²) in [5, 5.41) is 5.98. The number of hydrogen-bond donors (Lipinski definition) is 2. The fraction of sp³-hybridized carbons (Fsp3) is 0.429. The van der Waals surface area contributed by atoms with E-state index in [0.29, 0.717) is 24.7 Å². The molecule has 2 N–H and O–H groups in total. The normalized spacial score (nSPS) is 17.1. The molecule has 2 amide bonds. The molecule has 1 aromatic heterocycles. The third-order valence-corrected chi connectivity index (χ3v) is 4.62. The molecule has 0 unspecified atom stereocenters. The SMILES string of the molecule is COCCOc1cccc(NC(=O)N[C@@H]2CCCN(Cc3cccnc3)C2)c1. The summed E-state index contributed by atoms with van der Waals surface area (Å²) in [4.78, 5) is 18.9. The quantitative estimate of drug-likeness (QED) is 0.685. The highest BCUT2D eigenvalue weighted by molar-refractivity contribution is 5.89. The van der Waals surface area contributed by atoms with E-state index < -0.39 is 0 Å². The number of nitrogens with one attached hydrogen (secondary N) is 2. The van der Waals surface area contributed by atoms with Gasteiger partial charge in [0.15, 0.2) is 0 Å². The number of ether oxygens (including phenoxy) is 2. The molecule has 1 aliphatic heterocycles.